The molecule has 110 valence electrons. The first-order valence-corrected chi connectivity index (χ1v) is 6.84. The molecule has 2 aromatic rings. The van der Waals surface area contributed by atoms with Gasteiger partial charge >= 0.3 is 0 Å². The molecule has 7 heteroatoms. The number of carbonyl (C=O) groups is 1. The average molecular weight is 303 g/mol. The summed E-state index contributed by atoms with van der Waals surface area (Å²) in [5, 5.41) is 3.26. The highest BCUT2D eigenvalue weighted by Crippen LogP contribution is 2.11. The molecule has 0 unspecified atom stereocenters. The first-order valence-electron chi connectivity index (χ1n) is 6.43. The number of hydrazine groups is 1. The van der Waals surface area contributed by atoms with Crippen LogP contribution in [0.4, 0.5) is 0 Å². The second kappa shape index (κ2) is 6.85. The molecule has 0 aliphatic heterocycles. The minimum Gasteiger partial charge on any atom is -0.358 e. The highest BCUT2D eigenvalue weighted by molar-refractivity contribution is 7.80. The summed E-state index contributed by atoms with van der Waals surface area (Å²) >= 11 is 5.02. The molecular formula is C14H17N5OS. The normalized spacial score (nSPS) is 10.1. The number of carbonyl (C=O) groups excluding carboxylic acids is 1. The summed E-state index contributed by atoms with van der Waals surface area (Å²) < 4.78 is 1.77. The average Bonchev–Trinajstić information content (AvgIpc) is 2.86. The predicted octanol–water partition coefficient (Wildman–Crippen LogP) is 1.11. The second-order valence-corrected chi connectivity index (χ2v) is 5.08. The summed E-state index contributed by atoms with van der Waals surface area (Å²) in [7, 11) is 0. The number of fused-ring (bicyclic) bond motifs is 1. The lowest BCUT2D eigenvalue weighted by atomic mass is 10.3. The molecule has 0 saturated heterocycles. The van der Waals surface area contributed by atoms with Crippen molar-refractivity contribution in [1.29, 1.82) is 0 Å². The van der Waals surface area contributed by atoms with Gasteiger partial charge in [-0.2, -0.15) is 0 Å². The van der Waals surface area contributed by atoms with E-state index in [0.29, 0.717) is 11.7 Å². The number of hydrogen-bond donors (Lipinski definition) is 3. The standard InChI is InChI=1S/C14H17N5OS/c1-10(2)7-15-14(21)18-17-13(20)8-19-9-16-11-5-3-4-6-12(11)19/h3-6,9H,1,7-8H2,2H3,(H,17,20)(H2,15,18,21). The Hall–Kier alpha value is -2.41. The number of aromatic nitrogens is 2. The third-order valence-electron chi connectivity index (χ3n) is 2.71. The van der Waals surface area contributed by atoms with Crippen LogP contribution in [0.2, 0.25) is 0 Å². The fraction of sp³-hybridized carbons (Fsp3) is 0.214. The second-order valence-electron chi connectivity index (χ2n) is 4.67. The molecule has 0 aliphatic carbocycles. The van der Waals surface area contributed by atoms with Gasteiger partial charge in [-0.3, -0.25) is 15.6 Å². The van der Waals surface area contributed by atoms with Crippen molar-refractivity contribution in [3.05, 3.63) is 42.7 Å². The number of nitrogens with one attached hydrogen (secondary N) is 3. The molecule has 0 bridgehead atoms. The number of rotatable bonds is 4. The van der Waals surface area contributed by atoms with E-state index >= 15 is 0 Å². The molecule has 0 aliphatic rings. The number of imidazole rings is 1. The van der Waals surface area contributed by atoms with E-state index in [0.717, 1.165) is 16.6 Å². The lowest BCUT2D eigenvalue weighted by molar-refractivity contribution is -0.122. The summed E-state index contributed by atoms with van der Waals surface area (Å²) in [5.41, 5.74) is 7.91. The number of nitrogens with zero attached hydrogens (tertiary/aromatic N) is 2. The van der Waals surface area contributed by atoms with Crippen LogP contribution in [0, 0.1) is 0 Å². The summed E-state index contributed by atoms with van der Waals surface area (Å²) in [5.74, 6) is -0.211. The molecule has 0 atom stereocenters. The van der Waals surface area contributed by atoms with E-state index in [-0.39, 0.29) is 12.5 Å². The summed E-state index contributed by atoms with van der Waals surface area (Å²) in [6.45, 7) is 6.37. The Labute approximate surface area is 128 Å². The zero-order valence-electron chi connectivity index (χ0n) is 11.7. The predicted molar refractivity (Wildman–Crippen MR) is 86.4 cm³/mol. The minimum absolute atomic E-state index is 0.163. The van der Waals surface area contributed by atoms with Gasteiger partial charge in [0.1, 0.15) is 6.54 Å². The van der Waals surface area contributed by atoms with Gasteiger partial charge in [0.25, 0.3) is 5.91 Å². The maximum absolute atomic E-state index is 11.9. The van der Waals surface area contributed by atoms with E-state index in [1.807, 2.05) is 31.2 Å². The van der Waals surface area contributed by atoms with Crippen LogP contribution in [0.15, 0.2) is 42.7 Å². The molecule has 1 aromatic carbocycles. The molecule has 21 heavy (non-hydrogen) atoms. The highest BCUT2D eigenvalue weighted by atomic mass is 32.1. The van der Waals surface area contributed by atoms with Crippen molar-refractivity contribution in [3.63, 3.8) is 0 Å². The monoisotopic (exact) mass is 303 g/mol. The Kier molecular flexibility index (Phi) is 4.89. The van der Waals surface area contributed by atoms with Crippen molar-refractivity contribution in [1.82, 2.24) is 25.7 Å². The number of amides is 1. The van der Waals surface area contributed by atoms with Crippen LogP contribution < -0.4 is 16.2 Å². The van der Waals surface area contributed by atoms with E-state index in [1.54, 1.807) is 10.9 Å². The smallest absolute Gasteiger partial charge is 0.258 e. The SMILES string of the molecule is C=C(C)CNC(=S)NNC(=O)Cn1cnc2ccccc21. The number of benzene rings is 1. The Morgan fingerprint density at radius 1 is 1.38 bits per heavy atom. The zero-order chi connectivity index (χ0) is 15.2. The molecule has 0 saturated carbocycles. The van der Waals surface area contributed by atoms with Crippen molar-refractivity contribution in [2.45, 2.75) is 13.5 Å². The topological polar surface area (TPSA) is 71.0 Å². The van der Waals surface area contributed by atoms with Crippen LogP contribution >= 0.6 is 12.2 Å². The van der Waals surface area contributed by atoms with Gasteiger partial charge in [-0.05, 0) is 31.3 Å². The van der Waals surface area contributed by atoms with E-state index in [9.17, 15) is 4.79 Å². The van der Waals surface area contributed by atoms with Crippen molar-refractivity contribution in [3.8, 4) is 0 Å². The van der Waals surface area contributed by atoms with Crippen LogP contribution in [0.1, 0.15) is 6.92 Å². The summed E-state index contributed by atoms with van der Waals surface area (Å²) in [4.78, 5) is 16.1. The summed E-state index contributed by atoms with van der Waals surface area (Å²) in [6.07, 6.45) is 1.64. The molecule has 0 fully saturated rings. The van der Waals surface area contributed by atoms with Crippen molar-refractivity contribution in [2.24, 2.45) is 0 Å². The van der Waals surface area contributed by atoms with Crippen LogP contribution in [0.5, 0.6) is 0 Å². The van der Waals surface area contributed by atoms with Crippen LogP contribution in [0.25, 0.3) is 11.0 Å². The van der Waals surface area contributed by atoms with Crippen LogP contribution in [-0.2, 0) is 11.3 Å². The fourth-order valence-corrected chi connectivity index (χ4v) is 1.86. The lowest BCUT2D eigenvalue weighted by Crippen LogP contribution is -2.48. The Morgan fingerprint density at radius 3 is 2.90 bits per heavy atom. The van der Waals surface area contributed by atoms with E-state index in [2.05, 4.69) is 27.7 Å². The van der Waals surface area contributed by atoms with E-state index < -0.39 is 0 Å². The van der Waals surface area contributed by atoms with Gasteiger partial charge in [0, 0.05) is 6.54 Å². The molecule has 1 amide bonds. The van der Waals surface area contributed by atoms with Crippen molar-refractivity contribution in [2.75, 3.05) is 6.54 Å². The molecule has 3 N–H and O–H groups in total. The number of hydrogen-bond acceptors (Lipinski definition) is 3. The first-order chi connectivity index (χ1) is 10.1. The number of thiocarbonyl (C=S) groups is 1. The van der Waals surface area contributed by atoms with E-state index in [1.165, 1.54) is 0 Å². The maximum Gasteiger partial charge on any atom is 0.258 e. The van der Waals surface area contributed by atoms with Gasteiger partial charge in [-0.15, -0.1) is 0 Å². The lowest BCUT2D eigenvalue weighted by Gasteiger charge is -2.11. The third-order valence-corrected chi connectivity index (χ3v) is 2.95. The third kappa shape index (κ3) is 4.28. The van der Waals surface area contributed by atoms with Crippen LogP contribution in [-0.4, -0.2) is 27.1 Å². The van der Waals surface area contributed by atoms with Gasteiger partial charge in [0.2, 0.25) is 0 Å². The maximum atomic E-state index is 11.9. The Bertz CT molecular complexity index is 679. The first kappa shape index (κ1) is 15.0. The molecular weight excluding hydrogens is 286 g/mol. The number of para-hydroxylation sites is 2. The molecule has 0 spiro atoms. The van der Waals surface area contributed by atoms with Crippen LogP contribution in [0.3, 0.4) is 0 Å². The summed E-state index contributed by atoms with van der Waals surface area (Å²) in [6, 6.07) is 7.64. The molecule has 6 nitrogen and oxygen atoms in total. The molecule has 0 radical (unpaired) electrons. The molecule has 1 aromatic heterocycles. The zero-order valence-corrected chi connectivity index (χ0v) is 12.5. The largest absolute Gasteiger partial charge is 0.358 e. The van der Waals surface area contributed by atoms with Crippen molar-refractivity contribution >= 4 is 34.3 Å². The molecule has 2 rings (SSSR count). The van der Waals surface area contributed by atoms with Gasteiger partial charge in [-0.1, -0.05) is 24.3 Å². The molecule has 1 heterocycles. The van der Waals surface area contributed by atoms with Crippen molar-refractivity contribution < 1.29 is 4.79 Å². The van der Waals surface area contributed by atoms with Gasteiger partial charge in [-0.25, -0.2) is 4.98 Å². The minimum atomic E-state index is -0.211. The van der Waals surface area contributed by atoms with Gasteiger partial charge < -0.3 is 9.88 Å². The Morgan fingerprint density at radius 2 is 2.14 bits per heavy atom. The fourth-order valence-electron chi connectivity index (χ4n) is 1.73. The highest BCUT2D eigenvalue weighted by Gasteiger charge is 2.06. The van der Waals surface area contributed by atoms with Gasteiger partial charge in [0.05, 0.1) is 17.4 Å². The Balaban J connectivity index is 1.85. The quantitative estimate of drug-likeness (QED) is 0.448. The van der Waals surface area contributed by atoms with Gasteiger partial charge in [0.15, 0.2) is 5.11 Å². The van der Waals surface area contributed by atoms with E-state index in [4.69, 9.17) is 12.2 Å².